The second-order valence-electron chi connectivity index (χ2n) is 10.9. The summed E-state index contributed by atoms with van der Waals surface area (Å²) in [6.07, 6.45) is 7.27. The monoisotopic (exact) mass is 565 g/mol. The summed E-state index contributed by atoms with van der Waals surface area (Å²) in [7, 11) is 0. The Labute approximate surface area is 247 Å². The van der Waals surface area contributed by atoms with Crippen molar-refractivity contribution in [2.45, 2.75) is 25.3 Å². The molecular weight excluding hydrogens is 538 g/mol. The Hall–Kier alpha value is -4.81. The molecule has 2 atom stereocenters. The smallest absolute Gasteiger partial charge is 0.345 e. The minimum Gasteiger partial charge on any atom is -0.422 e. The molecule has 0 bridgehead atoms. The van der Waals surface area contributed by atoms with E-state index in [0.717, 1.165) is 51.1 Å². The molecule has 0 saturated heterocycles. The lowest BCUT2D eigenvalue weighted by Crippen LogP contribution is -2.27. The van der Waals surface area contributed by atoms with Gasteiger partial charge in [-0.05, 0) is 64.9 Å². The molecular formula is C36H27N3O2S. The maximum Gasteiger partial charge on any atom is 0.345 e. The minimum atomic E-state index is -0.359. The number of hydrogen-bond donors (Lipinski definition) is 0. The third-order valence-electron chi connectivity index (χ3n) is 8.38. The number of allylic oxidation sites excluding steroid dienone is 1. The summed E-state index contributed by atoms with van der Waals surface area (Å²) in [5, 5.41) is 11.2. The Morgan fingerprint density at radius 3 is 2.52 bits per heavy atom. The van der Waals surface area contributed by atoms with Crippen LogP contribution in [0.2, 0.25) is 0 Å². The van der Waals surface area contributed by atoms with Crippen LogP contribution in [0.4, 0.5) is 5.13 Å². The largest absolute Gasteiger partial charge is 0.422 e. The second kappa shape index (κ2) is 10.2. The van der Waals surface area contributed by atoms with E-state index >= 15 is 0 Å². The molecule has 8 rings (SSSR count). The Morgan fingerprint density at radius 1 is 0.881 bits per heavy atom. The average molecular weight is 566 g/mol. The molecule has 1 saturated carbocycles. The molecule has 0 N–H and O–H groups in total. The molecule has 2 aliphatic rings. The van der Waals surface area contributed by atoms with E-state index in [4.69, 9.17) is 14.5 Å². The summed E-state index contributed by atoms with van der Waals surface area (Å²) in [6.45, 7) is 0. The van der Waals surface area contributed by atoms with E-state index in [-0.39, 0.29) is 17.6 Å². The lowest BCUT2D eigenvalue weighted by molar-refractivity contribution is 0.487. The van der Waals surface area contributed by atoms with Crippen molar-refractivity contribution in [3.8, 4) is 10.4 Å². The van der Waals surface area contributed by atoms with Crippen molar-refractivity contribution in [2.24, 2.45) is 11.0 Å². The Kier molecular flexibility index (Phi) is 6.08. The van der Waals surface area contributed by atoms with E-state index in [2.05, 4.69) is 77.8 Å². The first-order valence-electron chi connectivity index (χ1n) is 14.3. The van der Waals surface area contributed by atoms with Gasteiger partial charge < -0.3 is 4.42 Å². The van der Waals surface area contributed by atoms with Crippen LogP contribution in [0.5, 0.6) is 0 Å². The molecule has 204 valence electrons. The van der Waals surface area contributed by atoms with E-state index in [1.54, 1.807) is 6.20 Å². The van der Waals surface area contributed by atoms with Crippen LogP contribution in [0.3, 0.4) is 0 Å². The first-order valence-corrected chi connectivity index (χ1v) is 15.1. The van der Waals surface area contributed by atoms with Crippen molar-refractivity contribution >= 4 is 50.0 Å². The van der Waals surface area contributed by atoms with Gasteiger partial charge in [-0.2, -0.15) is 5.10 Å². The van der Waals surface area contributed by atoms with Crippen molar-refractivity contribution in [1.82, 2.24) is 4.98 Å². The van der Waals surface area contributed by atoms with Gasteiger partial charge in [-0.25, -0.2) is 14.8 Å². The number of thiazole rings is 1. The summed E-state index contributed by atoms with van der Waals surface area (Å²) in [6, 6.07) is 35.1. The predicted octanol–water partition coefficient (Wildman–Crippen LogP) is 8.87. The maximum atomic E-state index is 13.2. The molecule has 0 spiro atoms. The summed E-state index contributed by atoms with van der Waals surface area (Å²) < 4.78 is 5.80. The van der Waals surface area contributed by atoms with E-state index in [0.29, 0.717) is 11.1 Å². The Morgan fingerprint density at radius 2 is 1.67 bits per heavy atom. The second-order valence-corrected chi connectivity index (χ2v) is 11.9. The lowest BCUT2D eigenvalue weighted by Gasteiger charge is -2.29. The molecule has 6 aromatic rings. The number of fused-ring (bicyclic) bond motifs is 4. The zero-order valence-electron chi connectivity index (χ0n) is 22.8. The van der Waals surface area contributed by atoms with Crippen LogP contribution in [-0.4, -0.2) is 10.7 Å². The average Bonchev–Trinajstić information content (AvgIpc) is 3.68. The van der Waals surface area contributed by atoms with Crippen LogP contribution >= 0.6 is 11.3 Å². The van der Waals surface area contributed by atoms with E-state index < -0.39 is 0 Å². The first kappa shape index (κ1) is 24.9. The molecule has 3 heterocycles. The zero-order valence-corrected chi connectivity index (χ0v) is 23.6. The van der Waals surface area contributed by atoms with Crippen molar-refractivity contribution in [2.75, 3.05) is 5.01 Å². The normalized spacial score (nSPS) is 19.4. The van der Waals surface area contributed by atoms with Crippen LogP contribution in [0.15, 0.2) is 129 Å². The van der Waals surface area contributed by atoms with Crippen LogP contribution < -0.4 is 10.6 Å². The highest BCUT2D eigenvalue weighted by atomic mass is 32.1. The summed E-state index contributed by atoms with van der Waals surface area (Å²) in [5.41, 5.74) is 5.60. The van der Waals surface area contributed by atoms with Gasteiger partial charge in [-0.1, -0.05) is 102 Å². The Balaban J connectivity index is 1.23. The minimum absolute atomic E-state index is 0.0385. The number of anilines is 1. The highest BCUT2D eigenvalue weighted by molar-refractivity contribution is 7.18. The Bertz CT molecular complexity index is 2060. The van der Waals surface area contributed by atoms with Gasteiger partial charge in [0.15, 0.2) is 0 Å². The highest BCUT2D eigenvalue weighted by Crippen LogP contribution is 2.47. The summed E-state index contributed by atoms with van der Waals surface area (Å²) in [5.74, 6) is 0.264. The standard InChI is InChI=1S/C36H27N3O2S/c40-35-30(21-29-27-16-8-7-12-24(27)18-19-31(29)41-35)32-22-37-36(42-32)39-34(25-13-5-2-6-14-25)28-17-9-15-26(33(28)38-39)20-23-10-3-1-4-11-23/h1-8,10-14,16,18-22,28,34H,9,15,17H2/b26-20-. The molecule has 1 aliphatic carbocycles. The maximum absolute atomic E-state index is 13.2. The topological polar surface area (TPSA) is 58.7 Å². The van der Waals surface area contributed by atoms with Gasteiger partial charge in [0.2, 0.25) is 5.13 Å². The number of benzene rings is 4. The number of hydrogen-bond acceptors (Lipinski definition) is 6. The fourth-order valence-electron chi connectivity index (χ4n) is 6.43. The van der Waals surface area contributed by atoms with Crippen molar-refractivity contribution in [1.29, 1.82) is 0 Å². The van der Waals surface area contributed by atoms with Crippen LogP contribution in [0, 0.1) is 5.92 Å². The van der Waals surface area contributed by atoms with Crippen LogP contribution in [-0.2, 0) is 0 Å². The fourth-order valence-corrected chi connectivity index (χ4v) is 7.34. The molecule has 5 nitrogen and oxygen atoms in total. The van der Waals surface area contributed by atoms with Gasteiger partial charge in [0.05, 0.1) is 22.2 Å². The lowest BCUT2D eigenvalue weighted by atomic mass is 9.77. The highest BCUT2D eigenvalue weighted by Gasteiger charge is 2.42. The molecule has 0 radical (unpaired) electrons. The SMILES string of the molecule is O=c1oc2ccc3ccccc3c2cc1-c1cnc(N2N=C3/C(=C\c4ccccc4)CCCC3C2c2ccccc2)s1. The first-order chi connectivity index (χ1) is 20.7. The summed E-state index contributed by atoms with van der Waals surface area (Å²) in [4.78, 5) is 18.8. The van der Waals surface area contributed by atoms with E-state index in [1.165, 1.54) is 28.0 Å². The number of hydrazone groups is 1. The van der Waals surface area contributed by atoms with E-state index in [1.807, 2.05) is 36.4 Å². The van der Waals surface area contributed by atoms with Crippen molar-refractivity contribution in [3.05, 3.63) is 136 Å². The quantitative estimate of drug-likeness (QED) is 0.158. The van der Waals surface area contributed by atoms with Crippen molar-refractivity contribution < 1.29 is 4.42 Å². The fraction of sp³-hybridized carbons (Fsp3) is 0.139. The third-order valence-corrected chi connectivity index (χ3v) is 9.40. The molecule has 2 aromatic heterocycles. The van der Waals surface area contributed by atoms with Crippen LogP contribution in [0.1, 0.15) is 36.4 Å². The van der Waals surface area contributed by atoms with Gasteiger partial charge >= 0.3 is 5.63 Å². The predicted molar refractivity (Wildman–Crippen MR) is 172 cm³/mol. The third kappa shape index (κ3) is 4.27. The van der Waals surface area contributed by atoms with Crippen LogP contribution in [0.25, 0.3) is 38.3 Å². The molecule has 0 amide bonds. The molecule has 4 aromatic carbocycles. The molecule has 42 heavy (non-hydrogen) atoms. The van der Waals surface area contributed by atoms with E-state index in [9.17, 15) is 4.79 Å². The van der Waals surface area contributed by atoms with Gasteiger partial charge in [-0.15, -0.1) is 0 Å². The summed E-state index contributed by atoms with van der Waals surface area (Å²) >= 11 is 1.49. The van der Waals surface area contributed by atoms with Gasteiger partial charge in [0, 0.05) is 17.5 Å². The molecule has 6 heteroatoms. The number of nitrogens with zero attached hydrogens (tertiary/aromatic N) is 3. The zero-order chi connectivity index (χ0) is 28.0. The number of rotatable bonds is 4. The molecule has 2 unspecified atom stereocenters. The number of aromatic nitrogens is 1. The van der Waals surface area contributed by atoms with Crippen molar-refractivity contribution in [3.63, 3.8) is 0 Å². The van der Waals surface area contributed by atoms with Gasteiger partial charge in [-0.3, -0.25) is 0 Å². The van der Waals surface area contributed by atoms with Gasteiger partial charge in [0.1, 0.15) is 5.58 Å². The molecule has 1 fully saturated rings. The molecule has 1 aliphatic heterocycles. The van der Waals surface area contributed by atoms with Gasteiger partial charge in [0.25, 0.3) is 0 Å².